The molecule has 3 atom stereocenters. The topological polar surface area (TPSA) is 109 Å². The number of hydrogen-bond acceptors (Lipinski definition) is 7. The fraction of sp³-hybridized carbons (Fsp3) is 0.200. The van der Waals surface area contributed by atoms with Crippen LogP contribution >= 0.6 is 34.7 Å². The summed E-state index contributed by atoms with van der Waals surface area (Å²) in [5.74, 6) is -2.24. The van der Waals surface area contributed by atoms with Crippen molar-refractivity contribution in [3.63, 3.8) is 0 Å². The zero-order valence-electron chi connectivity index (χ0n) is 22.0. The number of nitrogens with zero attached hydrogens (tertiary/aromatic N) is 1. The van der Waals surface area contributed by atoms with Crippen LogP contribution in [0.5, 0.6) is 5.75 Å². The second-order valence-electron chi connectivity index (χ2n) is 9.99. The number of aromatic nitrogens is 1. The maximum Gasteiger partial charge on any atom is 0.305 e. The van der Waals surface area contributed by atoms with Crippen LogP contribution in [0, 0.1) is 19.8 Å². The Morgan fingerprint density at radius 2 is 1.78 bits per heavy atom. The van der Waals surface area contributed by atoms with E-state index in [1.165, 1.54) is 16.7 Å². The van der Waals surface area contributed by atoms with Gasteiger partial charge in [0.05, 0.1) is 16.6 Å². The number of benzene rings is 3. The highest BCUT2D eigenvalue weighted by atomic mass is 35.5. The summed E-state index contributed by atoms with van der Waals surface area (Å²) < 4.78 is 6.00. The highest BCUT2D eigenvalue weighted by Gasteiger charge is 2.56. The number of amides is 3. The molecule has 3 heterocycles. The van der Waals surface area contributed by atoms with E-state index in [0.717, 1.165) is 22.5 Å². The molecule has 1 saturated heterocycles. The van der Waals surface area contributed by atoms with Gasteiger partial charge in [0, 0.05) is 27.1 Å². The normalized spacial score (nSPS) is 19.6. The Bertz CT molecular complexity index is 1750. The van der Waals surface area contributed by atoms with Gasteiger partial charge in [-0.25, -0.2) is 4.90 Å². The lowest BCUT2D eigenvalue weighted by Gasteiger charge is -2.31. The molecule has 8 nitrogen and oxygen atoms in total. The molecule has 4 aromatic rings. The number of anilines is 2. The molecule has 0 aliphatic carbocycles. The fourth-order valence-corrected chi connectivity index (χ4v) is 7.94. The average Bonchev–Trinajstić information content (AvgIpc) is 3.42. The molecule has 208 valence electrons. The first kappa shape index (κ1) is 27.3. The zero-order valence-corrected chi connectivity index (χ0v) is 24.4. The number of thiazole rings is 1. The molecule has 1 aromatic heterocycles. The van der Waals surface area contributed by atoms with Crippen molar-refractivity contribution in [3.8, 4) is 5.75 Å². The molecule has 2 aliphatic rings. The van der Waals surface area contributed by atoms with Crippen LogP contribution in [0.3, 0.4) is 0 Å². The Labute approximate surface area is 248 Å². The van der Waals surface area contributed by atoms with Crippen molar-refractivity contribution in [3.05, 3.63) is 103 Å². The zero-order chi connectivity index (χ0) is 28.8. The number of aryl methyl sites for hydroxylation is 2. The number of rotatable bonds is 6. The van der Waals surface area contributed by atoms with Crippen LogP contribution in [-0.2, 0) is 14.4 Å². The molecule has 2 unspecified atom stereocenters. The third kappa shape index (κ3) is 5.18. The number of hydrogen-bond donors (Lipinski definition) is 2. The van der Waals surface area contributed by atoms with Gasteiger partial charge in [-0.2, -0.15) is 0 Å². The van der Waals surface area contributed by atoms with Crippen LogP contribution in [-0.4, -0.2) is 34.6 Å². The van der Waals surface area contributed by atoms with E-state index in [1.54, 1.807) is 36.4 Å². The van der Waals surface area contributed by atoms with Crippen LogP contribution < -0.4 is 19.8 Å². The van der Waals surface area contributed by atoms with Crippen LogP contribution in [0.4, 0.5) is 11.4 Å². The largest absolute Gasteiger partial charge is 0.483 e. The molecule has 0 saturated carbocycles. The highest BCUT2D eigenvalue weighted by Crippen LogP contribution is 2.54. The summed E-state index contributed by atoms with van der Waals surface area (Å²) in [6, 6.07) is 19.6. The first-order valence-electron chi connectivity index (χ1n) is 12.8. The van der Waals surface area contributed by atoms with Gasteiger partial charge in [0.1, 0.15) is 11.0 Å². The van der Waals surface area contributed by atoms with Gasteiger partial charge < -0.3 is 15.0 Å². The SMILES string of the molecule is Cc1ccc(N2C(=O)C3Sc4[nH]c(=O)sc4[C@H](c4cc(Cl)ccc4OCC(=O)Nc4cccc(C)c4)C3C2=O)cc1. The van der Waals surface area contributed by atoms with Crippen molar-refractivity contribution in [1.82, 2.24) is 4.98 Å². The number of H-pyrrole nitrogens is 1. The summed E-state index contributed by atoms with van der Waals surface area (Å²) in [5, 5.41) is 2.99. The van der Waals surface area contributed by atoms with Gasteiger partial charge in [0.2, 0.25) is 11.8 Å². The minimum atomic E-state index is -0.810. The van der Waals surface area contributed by atoms with Gasteiger partial charge in [-0.15, -0.1) is 0 Å². The number of thioether (sulfide) groups is 1. The van der Waals surface area contributed by atoms with Crippen molar-refractivity contribution in [1.29, 1.82) is 0 Å². The van der Waals surface area contributed by atoms with Crippen molar-refractivity contribution in [2.75, 3.05) is 16.8 Å². The number of carbonyl (C=O) groups is 3. The second-order valence-corrected chi connectivity index (χ2v) is 12.6. The van der Waals surface area contributed by atoms with Crippen LogP contribution in [0.25, 0.3) is 0 Å². The molecule has 11 heteroatoms. The maximum atomic E-state index is 14.0. The summed E-state index contributed by atoms with van der Waals surface area (Å²) in [6.45, 7) is 3.57. The lowest BCUT2D eigenvalue weighted by atomic mass is 9.82. The van der Waals surface area contributed by atoms with Gasteiger partial charge in [0.15, 0.2) is 6.61 Å². The number of ether oxygens (including phenoxy) is 1. The fourth-order valence-electron chi connectivity index (χ4n) is 5.26. The Balaban J connectivity index is 1.36. The lowest BCUT2D eigenvalue weighted by molar-refractivity contribution is -0.122. The van der Waals surface area contributed by atoms with Gasteiger partial charge in [-0.1, -0.05) is 64.5 Å². The first-order valence-corrected chi connectivity index (χ1v) is 14.9. The summed E-state index contributed by atoms with van der Waals surface area (Å²) in [5.41, 5.74) is 3.68. The highest BCUT2D eigenvalue weighted by molar-refractivity contribution is 8.00. The number of halogens is 1. The second kappa shape index (κ2) is 10.8. The number of imide groups is 1. The molecular formula is C30H24ClN3O5S2. The molecule has 2 N–H and O–H groups in total. The predicted molar refractivity (Wildman–Crippen MR) is 160 cm³/mol. The molecule has 3 aromatic carbocycles. The van der Waals surface area contributed by atoms with E-state index in [2.05, 4.69) is 10.3 Å². The molecule has 6 rings (SSSR count). The van der Waals surface area contributed by atoms with Crippen molar-refractivity contribution in [2.24, 2.45) is 5.92 Å². The summed E-state index contributed by atoms with van der Waals surface area (Å²) in [4.78, 5) is 57.3. The quantitative estimate of drug-likeness (QED) is 0.280. The molecule has 41 heavy (non-hydrogen) atoms. The Hall–Kier alpha value is -3.86. The van der Waals surface area contributed by atoms with Crippen molar-refractivity contribution >= 4 is 63.8 Å². The van der Waals surface area contributed by atoms with E-state index < -0.39 is 17.1 Å². The molecule has 0 radical (unpaired) electrons. The van der Waals surface area contributed by atoms with E-state index >= 15 is 0 Å². The smallest absolute Gasteiger partial charge is 0.305 e. The van der Waals surface area contributed by atoms with Crippen molar-refractivity contribution in [2.45, 2.75) is 30.0 Å². The number of aromatic amines is 1. The minimum Gasteiger partial charge on any atom is -0.483 e. The number of nitrogens with one attached hydrogen (secondary N) is 2. The van der Waals surface area contributed by atoms with Crippen LogP contribution in [0.1, 0.15) is 27.5 Å². The van der Waals surface area contributed by atoms with Crippen molar-refractivity contribution < 1.29 is 19.1 Å². The van der Waals surface area contributed by atoms with E-state index in [9.17, 15) is 19.2 Å². The standard InChI is InChI=1S/C30H24ClN3O5S2/c1-15-6-9-19(10-7-15)34-28(36)24-23(25-27(33-30(38)41-25)40-26(24)29(34)37)20-13-17(31)8-11-21(20)39-14-22(35)32-18-5-3-4-16(2)12-18/h3-13,23-24,26H,14H2,1-2H3,(H,32,35)(H,33,38)/t23-,24?,26?/m1/s1. The van der Waals surface area contributed by atoms with E-state index in [0.29, 0.717) is 37.6 Å². The number of fused-ring (bicyclic) bond motifs is 2. The summed E-state index contributed by atoms with van der Waals surface area (Å²) in [6.07, 6.45) is 0. The third-order valence-electron chi connectivity index (χ3n) is 7.08. The van der Waals surface area contributed by atoms with Crippen LogP contribution in [0.15, 0.2) is 76.6 Å². The predicted octanol–water partition coefficient (Wildman–Crippen LogP) is 5.52. The average molecular weight is 606 g/mol. The van der Waals surface area contributed by atoms with E-state index in [-0.39, 0.29) is 29.2 Å². The molecular weight excluding hydrogens is 582 g/mol. The Kier molecular flexibility index (Phi) is 7.23. The lowest BCUT2D eigenvalue weighted by Crippen LogP contribution is -2.32. The van der Waals surface area contributed by atoms with Gasteiger partial charge in [0.25, 0.3) is 5.91 Å². The first-order chi connectivity index (χ1) is 19.7. The molecule has 3 amide bonds. The molecule has 1 fully saturated rings. The van der Waals surface area contributed by atoms with Crippen LogP contribution in [0.2, 0.25) is 5.02 Å². The molecule has 0 bridgehead atoms. The van der Waals surface area contributed by atoms with Gasteiger partial charge >= 0.3 is 4.87 Å². The minimum absolute atomic E-state index is 0.287. The van der Waals surface area contributed by atoms with Gasteiger partial charge in [-0.3, -0.25) is 19.2 Å². The Morgan fingerprint density at radius 1 is 1.00 bits per heavy atom. The Morgan fingerprint density at radius 3 is 2.54 bits per heavy atom. The van der Waals surface area contributed by atoms with E-state index in [4.69, 9.17) is 16.3 Å². The third-order valence-corrected chi connectivity index (χ3v) is 9.72. The monoisotopic (exact) mass is 605 g/mol. The molecule has 0 spiro atoms. The summed E-state index contributed by atoms with van der Waals surface area (Å²) >= 11 is 8.62. The van der Waals surface area contributed by atoms with Gasteiger partial charge in [-0.05, 0) is 61.9 Å². The van der Waals surface area contributed by atoms with E-state index in [1.807, 2.05) is 44.2 Å². The summed E-state index contributed by atoms with van der Waals surface area (Å²) in [7, 11) is 0. The number of carbonyl (C=O) groups excluding carboxylic acids is 3. The molecule has 2 aliphatic heterocycles. The maximum absolute atomic E-state index is 14.0.